The van der Waals surface area contributed by atoms with Gasteiger partial charge in [0.15, 0.2) is 0 Å². The molecule has 0 bridgehead atoms. The van der Waals surface area contributed by atoms with Gasteiger partial charge < -0.3 is 0 Å². The van der Waals surface area contributed by atoms with Gasteiger partial charge in [-0.1, -0.05) is 0 Å². The number of aryl methyl sites for hydroxylation is 1. The van der Waals surface area contributed by atoms with Gasteiger partial charge in [-0.15, -0.1) is 0 Å². The third-order valence-electron chi connectivity index (χ3n) is 4.33. The van der Waals surface area contributed by atoms with Gasteiger partial charge in [0.05, 0.1) is 0 Å². The second kappa shape index (κ2) is 6.78. The van der Waals surface area contributed by atoms with Crippen molar-refractivity contribution in [1.29, 1.82) is 0 Å². The summed E-state index contributed by atoms with van der Waals surface area (Å²) in [6.45, 7) is 0. The van der Waals surface area contributed by atoms with Crippen molar-refractivity contribution in [2.24, 2.45) is 7.05 Å². The van der Waals surface area contributed by atoms with Crippen LogP contribution in [-0.2, 0) is 7.05 Å². The minimum absolute atomic E-state index is 0.996. The van der Waals surface area contributed by atoms with E-state index in [0.717, 1.165) is 5.65 Å². The Morgan fingerprint density at radius 2 is 1.73 bits per heavy atom. The van der Waals surface area contributed by atoms with Gasteiger partial charge in [-0.25, -0.2) is 0 Å². The molecule has 0 amide bonds. The van der Waals surface area contributed by atoms with Crippen molar-refractivity contribution in [3.8, 4) is 11.1 Å². The van der Waals surface area contributed by atoms with Crippen LogP contribution in [0.5, 0.6) is 0 Å². The van der Waals surface area contributed by atoms with Crippen LogP contribution in [0.2, 0.25) is 14.8 Å². The number of pyridine rings is 1. The summed E-state index contributed by atoms with van der Waals surface area (Å²) in [4.78, 5) is 13.1. The monoisotopic (exact) mass is 470 g/mol. The molecule has 132 valence electrons. The van der Waals surface area contributed by atoms with Crippen LogP contribution in [0.3, 0.4) is 0 Å². The molecule has 0 N–H and O–H groups in total. The molecule has 0 unspecified atom stereocenters. The van der Waals surface area contributed by atoms with E-state index in [1.165, 1.54) is 25.1 Å². The van der Waals surface area contributed by atoms with Crippen LogP contribution in [0.1, 0.15) is 0 Å². The first-order valence-corrected chi connectivity index (χ1v) is 19.4. The van der Waals surface area contributed by atoms with Gasteiger partial charge >= 0.3 is 163 Å². The summed E-state index contributed by atoms with van der Waals surface area (Å²) in [6.07, 6.45) is 6.18. The van der Waals surface area contributed by atoms with Crippen molar-refractivity contribution < 1.29 is 0 Å². The number of aromatic nitrogens is 4. The average Bonchev–Trinajstić information content (AvgIpc) is 3.19. The first-order valence-electron chi connectivity index (χ1n) is 8.67. The molecule has 3 heterocycles. The summed E-state index contributed by atoms with van der Waals surface area (Å²) in [5.74, 6) is 0. The standard InChI is InChI=1S/C17H13N4S.3CH3.Sn/c1-20-12-13(11-19-20)15-7-9-18-17-16(15)8-10-21(17)22-14-5-3-2-4-6-14;;;;/h2-10,12H,1H3;3*1H3;. The van der Waals surface area contributed by atoms with Gasteiger partial charge in [-0.2, -0.15) is 0 Å². The molecule has 0 atom stereocenters. The maximum absolute atomic E-state index is 4.82. The molecule has 3 aromatic heterocycles. The summed E-state index contributed by atoms with van der Waals surface area (Å²) < 4.78 is 5.41. The van der Waals surface area contributed by atoms with E-state index < -0.39 is 18.4 Å². The van der Waals surface area contributed by atoms with Crippen LogP contribution in [0.4, 0.5) is 0 Å². The van der Waals surface area contributed by atoms with E-state index in [0.29, 0.717) is 0 Å². The zero-order valence-electron chi connectivity index (χ0n) is 15.5. The molecule has 0 saturated heterocycles. The third kappa shape index (κ3) is 3.30. The number of rotatable bonds is 4. The Bertz CT molecular complexity index is 1060. The van der Waals surface area contributed by atoms with E-state index in [4.69, 9.17) is 5.10 Å². The molecule has 0 aliphatic heterocycles. The number of fused-ring (bicyclic) bond motifs is 1. The molecule has 4 aromatic rings. The number of hydrogen-bond acceptors (Lipinski definition) is 3. The van der Waals surface area contributed by atoms with E-state index in [-0.39, 0.29) is 0 Å². The van der Waals surface area contributed by atoms with Crippen molar-refractivity contribution in [3.63, 3.8) is 0 Å². The number of hydrogen-bond donors (Lipinski definition) is 0. The molecule has 26 heavy (non-hydrogen) atoms. The molecule has 0 spiro atoms. The molecule has 0 radical (unpaired) electrons. The second-order valence-electron chi connectivity index (χ2n) is 7.46. The van der Waals surface area contributed by atoms with Crippen LogP contribution < -0.4 is 3.71 Å². The number of benzene rings is 1. The Labute approximate surface area is 162 Å². The van der Waals surface area contributed by atoms with Gasteiger partial charge in [0, 0.05) is 0 Å². The predicted octanol–water partition coefficient (Wildman–Crippen LogP) is 4.54. The van der Waals surface area contributed by atoms with E-state index >= 15 is 0 Å². The number of nitrogens with zero attached hydrogens (tertiary/aromatic N) is 4. The fourth-order valence-corrected chi connectivity index (χ4v) is 8.20. The Morgan fingerprint density at radius 3 is 2.46 bits per heavy atom. The van der Waals surface area contributed by atoms with E-state index in [9.17, 15) is 0 Å². The average molecular weight is 469 g/mol. The van der Waals surface area contributed by atoms with Crippen LogP contribution >= 0.6 is 11.9 Å². The Morgan fingerprint density at radius 1 is 0.962 bits per heavy atom. The minimum atomic E-state index is -2.33. The summed E-state index contributed by atoms with van der Waals surface area (Å²) in [5, 5.41) is 6.00. The van der Waals surface area contributed by atoms with Gasteiger partial charge in [0.2, 0.25) is 0 Å². The Kier molecular flexibility index (Phi) is 4.60. The van der Waals surface area contributed by atoms with E-state index in [2.05, 4.69) is 72.6 Å². The summed E-state index contributed by atoms with van der Waals surface area (Å²) >= 11 is -0.638. The zero-order chi connectivity index (χ0) is 18.3. The predicted molar refractivity (Wildman–Crippen MR) is 113 cm³/mol. The SMILES string of the molecule is Cn1cc(-c2ccnc3c2ccn3Sc2ccccc2)[c]([Sn]([CH3])([CH3])[CH3])n1. The molecule has 4 nitrogen and oxygen atoms in total. The van der Waals surface area contributed by atoms with Crippen LogP contribution in [-0.4, -0.2) is 37.1 Å². The van der Waals surface area contributed by atoms with Gasteiger partial charge in [-0.05, 0) is 0 Å². The van der Waals surface area contributed by atoms with Gasteiger partial charge in [0.25, 0.3) is 0 Å². The third-order valence-corrected chi connectivity index (χ3v) is 10.4. The second-order valence-corrected chi connectivity index (χ2v) is 22.7. The molecule has 0 aliphatic carbocycles. The van der Waals surface area contributed by atoms with Crippen molar-refractivity contribution in [1.82, 2.24) is 18.7 Å². The quantitative estimate of drug-likeness (QED) is 0.412. The summed E-state index contributed by atoms with van der Waals surface area (Å²) in [7, 11) is 2.01. The first kappa shape index (κ1) is 17.7. The summed E-state index contributed by atoms with van der Waals surface area (Å²) in [5.41, 5.74) is 3.50. The van der Waals surface area contributed by atoms with E-state index in [1.54, 1.807) is 11.9 Å². The normalized spacial score (nSPS) is 12.0. The van der Waals surface area contributed by atoms with Crippen molar-refractivity contribution in [3.05, 3.63) is 61.1 Å². The molecule has 0 aliphatic rings. The first-order chi connectivity index (χ1) is 12.4. The fraction of sp³-hybridized carbons (Fsp3) is 0.200. The molecule has 0 fully saturated rings. The maximum atomic E-state index is 4.82. The summed E-state index contributed by atoms with van der Waals surface area (Å²) in [6, 6.07) is 14.7. The molecular formula is C20H22N4SSn. The molecule has 4 rings (SSSR count). The van der Waals surface area contributed by atoms with E-state index in [1.807, 2.05) is 24.0 Å². The van der Waals surface area contributed by atoms with Crippen molar-refractivity contribution in [2.75, 3.05) is 0 Å². The van der Waals surface area contributed by atoms with Gasteiger partial charge in [-0.3, -0.25) is 0 Å². The van der Waals surface area contributed by atoms with Crippen molar-refractivity contribution in [2.45, 2.75) is 19.7 Å². The van der Waals surface area contributed by atoms with Crippen LogP contribution in [0, 0.1) is 0 Å². The molecule has 6 heteroatoms. The van der Waals surface area contributed by atoms with Gasteiger partial charge in [0.1, 0.15) is 0 Å². The molecule has 1 aromatic carbocycles. The Hall–Kier alpha value is -1.73. The Balaban J connectivity index is 1.84. The zero-order valence-corrected chi connectivity index (χ0v) is 19.1. The van der Waals surface area contributed by atoms with Crippen LogP contribution in [0.25, 0.3) is 22.2 Å². The molecule has 0 saturated carbocycles. The topological polar surface area (TPSA) is 35.6 Å². The van der Waals surface area contributed by atoms with Crippen LogP contribution in [0.15, 0.2) is 66.0 Å². The van der Waals surface area contributed by atoms with Crippen molar-refractivity contribution >= 4 is 45.1 Å². The fourth-order valence-electron chi connectivity index (χ4n) is 3.16. The molecular weight excluding hydrogens is 447 g/mol.